The Morgan fingerprint density at radius 3 is 2.39 bits per heavy atom. The van der Waals surface area contributed by atoms with E-state index in [1.807, 2.05) is 37.8 Å². The zero-order chi connectivity index (χ0) is 22.4. The van der Waals surface area contributed by atoms with E-state index in [2.05, 4.69) is 17.0 Å². The molecular formula is C24H30ClN3O3. The molecule has 1 heterocycles. The van der Waals surface area contributed by atoms with E-state index >= 15 is 0 Å². The smallest absolute Gasteiger partial charge is 0.254 e. The van der Waals surface area contributed by atoms with Crippen molar-refractivity contribution in [2.75, 3.05) is 37.8 Å². The summed E-state index contributed by atoms with van der Waals surface area (Å²) in [6.07, 6.45) is 1.58. The first-order chi connectivity index (χ1) is 14.7. The number of piperazine rings is 1. The Kier molecular flexibility index (Phi) is 7.70. The highest BCUT2D eigenvalue weighted by atomic mass is 35.5. The Bertz CT molecular complexity index is 888. The van der Waals surface area contributed by atoms with Gasteiger partial charge in [-0.25, -0.2) is 0 Å². The predicted octanol–water partition coefficient (Wildman–Crippen LogP) is 4.03. The van der Waals surface area contributed by atoms with Crippen molar-refractivity contribution in [1.29, 1.82) is 0 Å². The van der Waals surface area contributed by atoms with Gasteiger partial charge in [-0.1, -0.05) is 29.8 Å². The average molecular weight is 444 g/mol. The lowest BCUT2D eigenvalue weighted by molar-refractivity contribution is -0.120. The van der Waals surface area contributed by atoms with Crippen molar-refractivity contribution in [3.05, 3.63) is 64.7 Å². The number of anilines is 1. The molecule has 1 saturated heterocycles. The molecule has 0 bridgehead atoms. The second-order valence-corrected chi connectivity index (χ2v) is 9.13. The minimum absolute atomic E-state index is 0.0270. The van der Waals surface area contributed by atoms with Crippen LogP contribution in [0.15, 0.2) is 48.5 Å². The molecule has 0 aromatic heterocycles. The minimum atomic E-state index is -0.525. The third-order valence-electron chi connectivity index (χ3n) is 5.10. The van der Waals surface area contributed by atoms with Crippen LogP contribution in [0.25, 0.3) is 0 Å². The van der Waals surface area contributed by atoms with Gasteiger partial charge in [-0.2, -0.15) is 5.06 Å². The first kappa shape index (κ1) is 23.3. The summed E-state index contributed by atoms with van der Waals surface area (Å²) in [7, 11) is 0. The molecule has 0 unspecified atom stereocenters. The summed E-state index contributed by atoms with van der Waals surface area (Å²) in [6, 6.07) is 15.0. The number of carbonyl (C=O) groups excluding carboxylic acids is 2. The van der Waals surface area contributed by atoms with Crippen LogP contribution >= 0.6 is 11.6 Å². The van der Waals surface area contributed by atoms with Crippen LogP contribution in [-0.4, -0.2) is 60.4 Å². The van der Waals surface area contributed by atoms with Gasteiger partial charge >= 0.3 is 0 Å². The summed E-state index contributed by atoms with van der Waals surface area (Å²) in [6.45, 7) is 9.59. The fraction of sp³-hybridized carbons (Fsp3) is 0.417. The number of rotatable bonds is 7. The topological polar surface area (TPSA) is 53.1 Å². The zero-order valence-corrected chi connectivity index (χ0v) is 19.1. The van der Waals surface area contributed by atoms with E-state index in [9.17, 15) is 9.59 Å². The van der Waals surface area contributed by atoms with Crippen LogP contribution in [0.2, 0.25) is 5.02 Å². The highest BCUT2D eigenvalue weighted by Gasteiger charge is 2.23. The summed E-state index contributed by atoms with van der Waals surface area (Å²) < 4.78 is 0. The number of benzene rings is 2. The Hall–Kier alpha value is -2.41. The molecule has 1 aliphatic heterocycles. The molecule has 1 fully saturated rings. The van der Waals surface area contributed by atoms with Crippen LogP contribution in [0.5, 0.6) is 0 Å². The molecule has 166 valence electrons. The van der Waals surface area contributed by atoms with Crippen molar-refractivity contribution in [2.45, 2.75) is 32.8 Å². The zero-order valence-electron chi connectivity index (χ0n) is 18.4. The van der Waals surface area contributed by atoms with Crippen molar-refractivity contribution in [2.24, 2.45) is 0 Å². The highest BCUT2D eigenvalue weighted by Crippen LogP contribution is 2.21. The van der Waals surface area contributed by atoms with Gasteiger partial charge in [-0.05, 0) is 63.1 Å². The highest BCUT2D eigenvalue weighted by molar-refractivity contribution is 6.30. The van der Waals surface area contributed by atoms with E-state index in [4.69, 9.17) is 16.4 Å². The fourth-order valence-corrected chi connectivity index (χ4v) is 3.63. The Labute approximate surface area is 189 Å². The van der Waals surface area contributed by atoms with Gasteiger partial charge in [-0.3, -0.25) is 19.3 Å². The molecule has 6 nitrogen and oxygen atoms in total. The Balaban J connectivity index is 1.55. The molecule has 0 spiro atoms. The van der Waals surface area contributed by atoms with Gasteiger partial charge in [0.15, 0.2) is 0 Å². The van der Waals surface area contributed by atoms with Crippen molar-refractivity contribution >= 4 is 29.6 Å². The summed E-state index contributed by atoms with van der Waals surface area (Å²) in [5, 5.41) is 1.92. The molecule has 0 saturated carbocycles. The third kappa shape index (κ3) is 6.79. The summed E-state index contributed by atoms with van der Waals surface area (Å²) in [4.78, 5) is 34.4. The number of nitrogens with zero attached hydrogens (tertiary/aromatic N) is 3. The monoisotopic (exact) mass is 443 g/mol. The molecule has 1 aliphatic rings. The fourth-order valence-electron chi connectivity index (χ4n) is 3.50. The maximum absolute atomic E-state index is 13.0. The van der Waals surface area contributed by atoms with Crippen LogP contribution in [0.1, 0.15) is 36.7 Å². The van der Waals surface area contributed by atoms with E-state index in [0.717, 1.165) is 31.1 Å². The van der Waals surface area contributed by atoms with Crippen molar-refractivity contribution in [3.63, 3.8) is 0 Å². The minimum Gasteiger partial charge on any atom is -0.336 e. The van der Waals surface area contributed by atoms with Crippen LogP contribution in [-0.2, 0) is 16.1 Å². The largest absolute Gasteiger partial charge is 0.336 e. The van der Waals surface area contributed by atoms with Crippen LogP contribution in [0.3, 0.4) is 0 Å². The number of hydroxylamine groups is 1. The first-order valence-corrected chi connectivity index (χ1v) is 10.9. The van der Waals surface area contributed by atoms with Crippen molar-refractivity contribution < 1.29 is 14.4 Å². The van der Waals surface area contributed by atoms with Gasteiger partial charge < -0.3 is 4.90 Å². The summed E-state index contributed by atoms with van der Waals surface area (Å²) in [5.74, 6) is -0.0270. The lowest BCUT2D eigenvalue weighted by atomic mass is 10.1. The quantitative estimate of drug-likeness (QED) is 0.479. The standard InChI is InChI=1S/C24H30ClN3O3/c1-24(2,3)31-28(18-29)22-6-4-5-20(17-22)23(30)27-15-13-26(14-16-27)12-11-19-7-9-21(25)10-8-19/h4-10,17-18H,11-16H2,1-3H3. The van der Waals surface area contributed by atoms with E-state index in [1.165, 1.54) is 10.6 Å². The van der Waals surface area contributed by atoms with E-state index in [0.29, 0.717) is 30.8 Å². The van der Waals surface area contributed by atoms with Crippen molar-refractivity contribution in [1.82, 2.24) is 9.80 Å². The van der Waals surface area contributed by atoms with E-state index in [1.54, 1.807) is 24.3 Å². The van der Waals surface area contributed by atoms with Crippen molar-refractivity contribution in [3.8, 4) is 0 Å². The molecule has 0 atom stereocenters. The summed E-state index contributed by atoms with van der Waals surface area (Å²) in [5.41, 5.74) is 1.83. The molecule has 3 rings (SSSR count). The molecule has 0 radical (unpaired) electrons. The SMILES string of the molecule is CC(C)(C)ON(C=O)c1cccc(C(=O)N2CCN(CCc3ccc(Cl)cc3)CC2)c1. The van der Waals surface area contributed by atoms with Gasteiger partial charge in [-0.15, -0.1) is 0 Å². The number of hydrogen-bond acceptors (Lipinski definition) is 4. The first-order valence-electron chi connectivity index (χ1n) is 10.5. The van der Waals surface area contributed by atoms with Crippen LogP contribution in [0.4, 0.5) is 5.69 Å². The van der Waals surface area contributed by atoms with Gasteiger partial charge in [0.25, 0.3) is 5.91 Å². The lowest BCUT2D eigenvalue weighted by Crippen LogP contribution is -2.49. The molecule has 2 aromatic carbocycles. The maximum Gasteiger partial charge on any atom is 0.254 e. The normalized spacial score (nSPS) is 15.0. The number of carbonyl (C=O) groups is 2. The van der Waals surface area contributed by atoms with Crippen LogP contribution in [0, 0.1) is 0 Å². The molecule has 31 heavy (non-hydrogen) atoms. The Morgan fingerprint density at radius 1 is 1.10 bits per heavy atom. The molecule has 2 aromatic rings. The predicted molar refractivity (Wildman–Crippen MR) is 123 cm³/mol. The van der Waals surface area contributed by atoms with E-state index in [-0.39, 0.29) is 5.91 Å². The molecular weight excluding hydrogens is 414 g/mol. The molecule has 7 heteroatoms. The molecule has 0 aliphatic carbocycles. The van der Waals surface area contributed by atoms with Gasteiger partial charge in [0, 0.05) is 43.3 Å². The maximum atomic E-state index is 13.0. The van der Waals surface area contributed by atoms with Crippen LogP contribution < -0.4 is 5.06 Å². The third-order valence-corrected chi connectivity index (χ3v) is 5.36. The molecule has 2 amide bonds. The molecule has 0 N–H and O–H groups in total. The second kappa shape index (κ2) is 10.3. The second-order valence-electron chi connectivity index (χ2n) is 8.70. The van der Waals surface area contributed by atoms with E-state index < -0.39 is 5.60 Å². The average Bonchev–Trinajstić information content (AvgIpc) is 2.76. The lowest BCUT2D eigenvalue weighted by Gasteiger charge is -2.35. The number of hydrogen-bond donors (Lipinski definition) is 0. The number of amides is 2. The summed E-state index contributed by atoms with van der Waals surface area (Å²) >= 11 is 5.95. The van der Waals surface area contributed by atoms with Gasteiger partial charge in [0.2, 0.25) is 6.41 Å². The number of halogens is 1. The van der Waals surface area contributed by atoms with Gasteiger partial charge in [0.05, 0.1) is 11.3 Å². The Morgan fingerprint density at radius 2 is 1.77 bits per heavy atom. The van der Waals surface area contributed by atoms with Gasteiger partial charge in [0.1, 0.15) is 0 Å².